The van der Waals surface area contributed by atoms with Gasteiger partial charge in [0.1, 0.15) is 0 Å². The predicted octanol–water partition coefficient (Wildman–Crippen LogP) is 4.20. The van der Waals surface area contributed by atoms with Gasteiger partial charge < -0.3 is 9.80 Å². The minimum atomic E-state index is -2.66. The van der Waals surface area contributed by atoms with E-state index in [0.717, 1.165) is 11.4 Å². The molecule has 0 aromatic heterocycles. The first-order valence-electron chi connectivity index (χ1n) is 8.41. The average molecular weight is 355 g/mol. The number of likely N-dealkylation sites (tertiary alicyclic amines) is 1. The van der Waals surface area contributed by atoms with Crippen molar-refractivity contribution in [2.24, 2.45) is 0 Å². The van der Waals surface area contributed by atoms with Gasteiger partial charge in [-0.1, -0.05) is 0 Å². The summed E-state index contributed by atoms with van der Waals surface area (Å²) in [6.45, 7) is 0.164. The minimum Gasteiger partial charge on any atom is -0.345 e. The Hall–Kier alpha value is -2.94. The highest BCUT2D eigenvalue weighted by Crippen LogP contribution is 2.29. The first-order valence-corrected chi connectivity index (χ1v) is 8.41. The molecule has 1 saturated heterocycles. The molecule has 1 heterocycles. The smallest absolute Gasteiger partial charge is 0.253 e. The van der Waals surface area contributed by atoms with E-state index in [9.17, 15) is 13.6 Å². The second kappa shape index (κ2) is 7.12. The molecule has 26 heavy (non-hydrogen) atoms. The van der Waals surface area contributed by atoms with Gasteiger partial charge in [0.05, 0.1) is 11.6 Å². The highest BCUT2D eigenvalue weighted by atomic mass is 19.3. The van der Waals surface area contributed by atoms with Crippen LogP contribution in [0, 0.1) is 11.3 Å². The molecule has 1 aliphatic rings. The average Bonchev–Trinajstić information content (AvgIpc) is 2.67. The van der Waals surface area contributed by atoms with Crippen molar-refractivity contribution >= 4 is 17.3 Å². The van der Waals surface area contributed by atoms with E-state index >= 15 is 0 Å². The number of carbonyl (C=O) groups excluding carboxylic acids is 1. The summed E-state index contributed by atoms with van der Waals surface area (Å²) in [5.41, 5.74) is 2.89. The van der Waals surface area contributed by atoms with E-state index in [1.165, 1.54) is 4.90 Å². The summed E-state index contributed by atoms with van der Waals surface area (Å²) >= 11 is 0. The number of hydrogen-bond acceptors (Lipinski definition) is 3. The molecule has 134 valence electrons. The Morgan fingerprint density at radius 2 is 1.54 bits per heavy atom. The number of anilines is 2. The fraction of sp³-hybridized carbons (Fsp3) is 0.300. The lowest BCUT2D eigenvalue weighted by Crippen LogP contribution is -2.42. The van der Waals surface area contributed by atoms with Crippen molar-refractivity contribution in [2.75, 3.05) is 25.0 Å². The normalized spacial score (nSPS) is 16.0. The zero-order chi connectivity index (χ0) is 18.7. The molecule has 0 radical (unpaired) electrons. The van der Waals surface area contributed by atoms with Crippen LogP contribution in [0.5, 0.6) is 0 Å². The number of rotatable bonds is 3. The Morgan fingerprint density at radius 1 is 1.04 bits per heavy atom. The third kappa shape index (κ3) is 3.83. The number of carbonyl (C=O) groups is 1. The number of halogens is 2. The number of alkyl halides is 2. The second-order valence-corrected chi connectivity index (χ2v) is 6.41. The van der Waals surface area contributed by atoms with Gasteiger partial charge in [0.25, 0.3) is 11.8 Å². The maximum Gasteiger partial charge on any atom is 0.253 e. The summed E-state index contributed by atoms with van der Waals surface area (Å²) in [7, 11) is 1.89. The third-order valence-electron chi connectivity index (χ3n) is 4.67. The fourth-order valence-corrected chi connectivity index (χ4v) is 2.96. The van der Waals surface area contributed by atoms with Gasteiger partial charge in [-0.25, -0.2) is 8.78 Å². The van der Waals surface area contributed by atoms with Crippen molar-refractivity contribution in [3.8, 4) is 6.07 Å². The summed E-state index contributed by atoms with van der Waals surface area (Å²) in [5.74, 6) is -2.88. The first kappa shape index (κ1) is 17.9. The number of amides is 1. The quantitative estimate of drug-likeness (QED) is 0.829. The molecule has 2 aromatic rings. The number of hydrogen-bond donors (Lipinski definition) is 0. The molecule has 2 aromatic carbocycles. The summed E-state index contributed by atoms with van der Waals surface area (Å²) in [6, 6.07) is 16.4. The van der Waals surface area contributed by atoms with Crippen molar-refractivity contribution in [2.45, 2.75) is 18.8 Å². The van der Waals surface area contributed by atoms with E-state index in [1.54, 1.807) is 24.3 Å². The van der Waals surface area contributed by atoms with Gasteiger partial charge in [-0.05, 0) is 48.5 Å². The molecule has 3 rings (SSSR count). The molecular weight excluding hydrogens is 336 g/mol. The van der Waals surface area contributed by atoms with E-state index in [0.29, 0.717) is 11.1 Å². The molecule has 1 amide bonds. The lowest BCUT2D eigenvalue weighted by Gasteiger charge is -2.31. The number of nitrogens with zero attached hydrogens (tertiary/aromatic N) is 3. The van der Waals surface area contributed by atoms with Crippen LogP contribution in [0.15, 0.2) is 48.5 Å². The molecule has 0 spiro atoms. The third-order valence-corrected chi connectivity index (χ3v) is 4.67. The van der Waals surface area contributed by atoms with E-state index in [4.69, 9.17) is 5.26 Å². The van der Waals surface area contributed by atoms with Crippen molar-refractivity contribution in [3.63, 3.8) is 0 Å². The van der Waals surface area contributed by atoms with Crippen LogP contribution in [-0.4, -0.2) is 36.9 Å². The largest absolute Gasteiger partial charge is 0.345 e. The number of nitriles is 1. The molecule has 0 aliphatic carbocycles. The Morgan fingerprint density at radius 3 is 2.04 bits per heavy atom. The molecule has 0 unspecified atom stereocenters. The molecule has 0 bridgehead atoms. The lowest BCUT2D eigenvalue weighted by molar-refractivity contribution is -0.0494. The number of piperidine rings is 1. The predicted molar refractivity (Wildman–Crippen MR) is 95.7 cm³/mol. The van der Waals surface area contributed by atoms with Crippen LogP contribution in [0.2, 0.25) is 0 Å². The highest BCUT2D eigenvalue weighted by molar-refractivity contribution is 5.94. The van der Waals surface area contributed by atoms with Gasteiger partial charge in [0.15, 0.2) is 0 Å². The second-order valence-electron chi connectivity index (χ2n) is 6.41. The molecule has 0 N–H and O–H groups in total. The van der Waals surface area contributed by atoms with E-state index in [1.807, 2.05) is 36.2 Å². The highest BCUT2D eigenvalue weighted by Gasteiger charge is 2.35. The minimum absolute atomic E-state index is 0.0821. The topological polar surface area (TPSA) is 47.3 Å². The van der Waals surface area contributed by atoms with Crippen molar-refractivity contribution in [1.29, 1.82) is 5.26 Å². The first-order chi connectivity index (χ1) is 12.4. The summed E-state index contributed by atoms with van der Waals surface area (Å²) in [5, 5.41) is 8.86. The maximum atomic E-state index is 13.2. The zero-order valence-corrected chi connectivity index (χ0v) is 14.5. The molecule has 0 atom stereocenters. The van der Waals surface area contributed by atoms with Gasteiger partial charge in [-0.3, -0.25) is 4.79 Å². The molecule has 1 aliphatic heterocycles. The van der Waals surface area contributed by atoms with Gasteiger partial charge in [0, 0.05) is 49.9 Å². The summed E-state index contributed by atoms with van der Waals surface area (Å²) < 4.78 is 26.5. The molecule has 6 heteroatoms. The maximum absolute atomic E-state index is 13.2. The Labute approximate surface area is 151 Å². The van der Waals surface area contributed by atoms with E-state index < -0.39 is 5.92 Å². The van der Waals surface area contributed by atoms with Crippen LogP contribution in [0.25, 0.3) is 0 Å². The fourth-order valence-electron chi connectivity index (χ4n) is 2.96. The zero-order valence-electron chi connectivity index (χ0n) is 14.5. The van der Waals surface area contributed by atoms with Crippen molar-refractivity contribution in [1.82, 2.24) is 4.90 Å². The Kier molecular flexibility index (Phi) is 4.90. The Bertz CT molecular complexity index is 816. The monoisotopic (exact) mass is 355 g/mol. The van der Waals surface area contributed by atoms with Crippen LogP contribution in [0.4, 0.5) is 20.2 Å². The molecule has 1 fully saturated rings. The van der Waals surface area contributed by atoms with Crippen LogP contribution >= 0.6 is 0 Å². The number of benzene rings is 2. The van der Waals surface area contributed by atoms with Crippen LogP contribution in [0.1, 0.15) is 28.8 Å². The van der Waals surface area contributed by atoms with Gasteiger partial charge >= 0.3 is 0 Å². The summed E-state index contributed by atoms with van der Waals surface area (Å²) in [6.07, 6.45) is -0.559. The van der Waals surface area contributed by atoms with Gasteiger partial charge in [-0.15, -0.1) is 0 Å². The van der Waals surface area contributed by atoms with Crippen molar-refractivity contribution in [3.05, 3.63) is 59.7 Å². The molecule has 4 nitrogen and oxygen atoms in total. The standard InChI is InChI=1S/C20H19F2N3O/c1-24(17-6-2-15(14-23)3-7-17)18-8-4-16(5-9-18)19(26)25-12-10-20(21,22)11-13-25/h2-9H,10-13H2,1H3. The van der Waals surface area contributed by atoms with Gasteiger partial charge in [0.2, 0.25) is 0 Å². The molecular formula is C20H19F2N3O. The van der Waals surface area contributed by atoms with Crippen LogP contribution < -0.4 is 4.90 Å². The van der Waals surface area contributed by atoms with Crippen LogP contribution in [0.3, 0.4) is 0 Å². The van der Waals surface area contributed by atoms with Gasteiger partial charge in [-0.2, -0.15) is 5.26 Å². The van der Waals surface area contributed by atoms with Crippen molar-refractivity contribution < 1.29 is 13.6 Å². The van der Waals surface area contributed by atoms with E-state index in [-0.39, 0.29) is 31.8 Å². The summed E-state index contributed by atoms with van der Waals surface area (Å²) in [4.78, 5) is 15.9. The van der Waals surface area contributed by atoms with Crippen LogP contribution in [-0.2, 0) is 0 Å². The Balaban J connectivity index is 1.69. The SMILES string of the molecule is CN(c1ccc(C#N)cc1)c1ccc(C(=O)N2CCC(F)(F)CC2)cc1. The lowest BCUT2D eigenvalue weighted by atomic mass is 10.1. The molecule has 0 saturated carbocycles. The van der Waals surface area contributed by atoms with E-state index in [2.05, 4.69) is 6.07 Å².